The molecule has 0 saturated carbocycles. The van der Waals surface area contributed by atoms with Crippen LogP contribution in [0.1, 0.15) is 0 Å². The van der Waals surface area contributed by atoms with Gasteiger partial charge in [-0.15, -0.1) is 0 Å². The van der Waals surface area contributed by atoms with Crippen LogP contribution in [0, 0.1) is 10.1 Å². The lowest BCUT2D eigenvalue weighted by Gasteiger charge is -2.01. The minimum atomic E-state index is -0.669. The van der Waals surface area contributed by atoms with Gasteiger partial charge in [0, 0.05) is 20.3 Å². The summed E-state index contributed by atoms with van der Waals surface area (Å²) in [5, 5.41) is 19.5. The number of nitro groups is 1. The minimum Gasteiger partial charge on any atom is -0.500 e. The Balaban J connectivity index is 0.000000411. The van der Waals surface area contributed by atoms with Gasteiger partial charge in [-0.2, -0.15) is 0 Å². The summed E-state index contributed by atoms with van der Waals surface area (Å²) in [5.74, 6) is -0.339. The first-order valence-electron chi connectivity index (χ1n) is 5.06. The molecule has 1 rings (SSSR count). The van der Waals surface area contributed by atoms with Gasteiger partial charge in [0.2, 0.25) is 5.75 Å². The van der Waals surface area contributed by atoms with Gasteiger partial charge in [0.05, 0.1) is 25.2 Å². The lowest BCUT2D eigenvalue weighted by Crippen LogP contribution is -1.96. The average molecular weight is 259 g/mol. The second-order valence-corrected chi connectivity index (χ2v) is 3.07. The van der Waals surface area contributed by atoms with Crippen molar-refractivity contribution in [3.05, 3.63) is 28.3 Å². The lowest BCUT2D eigenvalue weighted by molar-refractivity contribution is -0.385. The molecule has 0 aromatic heterocycles. The fourth-order valence-electron chi connectivity index (χ4n) is 0.989. The molecule has 0 aliphatic rings. The van der Waals surface area contributed by atoms with Gasteiger partial charge in [-0.05, 0) is 6.07 Å². The van der Waals surface area contributed by atoms with E-state index in [0.29, 0.717) is 13.2 Å². The Hall–Kier alpha value is -1.86. The zero-order chi connectivity index (χ0) is 14.0. The van der Waals surface area contributed by atoms with Crippen molar-refractivity contribution < 1.29 is 24.2 Å². The molecule has 1 aromatic carbocycles. The predicted octanol–water partition coefficient (Wildman–Crippen LogP) is 1.59. The van der Waals surface area contributed by atoms with Gasteiger partial charge < -0.3 is 19.3 Å². The molecule has 0 heterocycles. The Morgan fingerprint density at radius 2 is 1.78 bits per heavy atom. The van der Waals surface area contributed by atoms with Crippen LogP contribution in [0.25, 0.3) is 0 Å². The summed E-state index contributed by atoms with van der Waals surface area (Å²) in [6.07, 6.45) is 0. The molecule has 7 nitrogen and oxygen atoms in total. The minimum absolute atomic E-state index is 0.101. The van der Waals surface area contributed by atoms with Gasteiger partial charge in [0.1, 0.15) is 0 Å². The fourth-order valence-corrected chi connectivity index (χ4v) is 0.989. The number of rotatable bonds is 5. The molecule has 0 saturated heterocycles. The Morgan fingerprint density at radius 3 is 2.17 bits per heavy atom. The number of hydrogen-bond acceptors (Lipinski definition) is 6. The number of phenolic OH excluding ortho intramolecular Hbond substituents is 1. The van der Waals surface area contributed by atoms with Crippen molar-refractivity contribution in [3.8, 4) is 11.5 Å². The molecular weight excluding hydrogens is 242 g/mol. The third-order valence-corrected chi connectivity index (χ3v) is 1.89. The topological polar surface area (TPSA) is 91.1 Å². The largest absolute Gasteiger partial charge is 0.500 e. The summed E-state index contributed by atoms with van der Waals surface area (Å²) in [6.45, 7) is 1.38. The number of aromatic hydroxyl groups is 1. The number of ether oxygens (including phenoxy) is 3. The van der Waals surface area contributed by atoms with Crippen LogP contribution >= 0.6 is 0 Å². The molecule has 0 bridgehead atoms. The molecule has 0 amide bonds. The predicted molar refractivity (Wildman–Crippen MR) is 65.1 cm³/mol. The van der Waals surface area contributed by atoms with Gasteiger partial charge in [-0.25, -0.2) is 0 Å². The van der Waals surface area contributed by atoms with E-state index in [1.54, 1.807) is 14.2 Å². The molecule has 0 fully saturated rings. The lowest BCUT2D eigenvalue weighted by atomic mass is 10.3. The van der Waals surface area contributed by atoms with Crippen molar-refractivity contribution in [1.82, 2.24) is 0 Å². The van der Waals surface area contributed by atoms with Gasteiger partial charge >= 0.3 is 5.69 Å². The Labute approximate surface area is 105 Å². The van der Waals surface area contributed by atoms with Crippen LogP contribution in [0.2, 0.25) is 0 Å². The molecule has 1 N–H and O–H groups in total. The van der Waals surface area contributed by atoms with Crippen LogP contribution < -0.4 is 4.74 Å². The summed E-state index contributed by atoms with van der Waals surface area (Å²) in [4.78, 5) is 9.61. The maximum absolute atomic E-state index is 10.3. The molecular formula is C11H17NO6. The number of methoxy groups -OCH3 is 3. The van der Waals surface area contributed by atoms with E-state index in [1.165, 1.54) is 25.3 Å². The molecule has 102 valence electrons. The van der Waals surface area contributed by atoms with Crippen molar-refractivity contribution in [3.63, 3.8) is 0 Å². The monoisotopic (exact) mass is 259 g/mol. The van der Waals surface area contributed by atoms with Crippen LogP contribution in [-0.2, 0) is 9.47 Å². The van der Waals surface area contributed by atoms with Crippen LogP contribution in [0.4, 0.5) is 5.69 Å². The van der Waals surface area contributed by atoms with Crippen LogP contribution in [0.3, 0.4) is 0 Å². The number of nitro benzene ring substituents is 1. The molecule has 0 aliphatic carbocycles. The van der Waals surface area contributed by atoms with Crippen molar-refractivity contribution in [2.24, 2.45) is 0 Å². The standard InChI is InChI=1S/C7H7NO4.C4H10O2/c1-12-6-4-2-3-5(7(6)9)8(10)11;1-5-3-4-6-2/h2-4,9H,1H3;3-4H2,1-2H3. The van der Waals surface area contributed by atoms with E-state index < -0.39 is 10.7 Å². The highest BCUT2D eigenvalue weighted by Crippen LogP contribution is 2.34. The number of nitrogens with zero attached hydrogens (tertiary/aromatic N) is 1. The fraction of sp³-hybridized carbons (Fsp3) is 0.455. The van der Waals surface area contributed by atoms with Crippen LogP contribution in [0.15, 0.2) is 18.2 Å². The van der Waals surface area contributed by atoms with Crippen molar-refractivity contribution >= 4 is 5.69 Å². The Kier molecular flexibility index (Phi) is 8.25. The Morgan fingerprint density at radius 1 is 1.22 bits per heavy atom. The highest BCUT2D eigenvalue weighted by molar-refractivity contribution is 5.54. The van der Waals surface area contributed by atoms with Gasteiger partial charge in [-0.1, -0.05) is 6.07 Å². The third kappa shape index (κ3) is 5.46. The Bertz CT molecular complexity index is 365. The third-order valence-electron chi connectivity index (χ3n) is 1.89. The zero-order valence-electron chi connectivity index (χ0n) is 10.6. The van der Waals surface area contributed by atoms with Gasteiger partial charge in [0.15, 0.2) is 5.75 Å². The highest BCUT2D eigenvalue weighted by Gasteiger charge is 2.16. The van der Waals surface area contributed by atoms with Crippen LogP contribution in [-0.4, -0.2) is 44.6 Å². The number of benzene rings is 1. The van der Waals surface area contributed by atoms with E-state index in [4.69, 9.17) is 0 Å². The summed E-state index contributed by atoms with van der Waals surface area (Å²) in [7, 11) is 4.64. The molecule has 7 heteroatoms. The summed E-state index contributed by atoms with van der Waals surface area (Å²) < 4.78 is 14.0. The molecule has 1 aromatic rings. The molecule has 0 spiro atoms. The highest BCUT2D eigenvalue weighted by atomic mass is 16.6. The van der Waals surface area contributed by atoms with E-state index in [0.717, 1.165) is 0 Å². The quantitative estimate of drug-likeness (QED) is 0.490. The SMILES string of the molecule is COCCOC.COc1cccc([N+](=O)[O-])c1O. The second-order valence-electron chi connectivity index (χ2n) is 3.07. The number of para-hydroxylation sites is 1. The molecule has 0 unspecified atom stereocenters. The maximum atomic E-state index is 10.3. The average Bonchev–Trinajstić information content (AvgIpc) is 2.37. The van der Waals surface area contributed by atoms with E-state index in [9.17, 15) is 15.2 Å². The first-order valence-corrected chi connectivity index (χ1v) is 5.06. The van der Waals surface area contributed by atoms with E-state index >= 15 is 0 Å². The second kappa shape index (κ2) is 9.20. The van der Waals surface area contributed by atoms with Gasteiger partial charge in [0.25, 0.3) is 0 Å². The van der Waals surface area contributed by atoms with E-state index in [-0.39, 0.29) is 11.4 Å². The summed E-state index contributed by atoms with van der Waals surface area (Å²) >= 11 is 0. The molecule has 0 atom stereocenters. The van der Waals surface area contributed by atoms with Crippen LogP contribution in [0.5, 0.6) is 11.5 Å². The number of hydrogen-bond donors (Lipinski definition) is 1. The first kappa shape index (κ1) is 16.1. The smallest absolute Gasteiger partial charge is 0.314 e. The van der Waals surface area contributed by atoms with Crippen molar-refractivity contribution in [2.75, 3.05) is 34.5 Å². The van der Waals surface area contributed by atoms with Crippen molar-refractivity contribution in [2.45, 2.75) is 0 Å². The first-order chi connectivity index (χ1) is 8.58. The van der Waals surface area contributed by atoms with E-state index in [1.807, 2.05) is 0 Å². The van der Waals surface area contributed by atoms with E-state index in [2.05, 4.69) is 14.2 Å². The van der Waals surface area contributed by atoms with Gasteiger partial charge in [-0.3, -0.25) is 10.1 Å². The van der Waals surface area contributed by atoms with Crippen molar-refractivity contribution in [1.29, 1.82) is 0 Å². The molecule has 0 aliphatic heterocycles. The normalized spacial score (nSPS) is 9.28. The maximum Gasteiger partial charge on any atom is 0.314 e. The molecule has 18 heavy (non-hydrogen) atoms. The summed E-state index contributed by atoms with van der Waals surface area (Å²) in [6, 6.07) is 4.09. The zero-order valence-corrected chi connectivity index (χ0v) is 10.6. The summed E-state index contributed by atoms with van der Waals surface area (Å²) in [5.41, 5.74) is -0.352. The molecule has 0 radical (unpaired) electrons. The number of phenols is 1.